The number of allylic oxidation sites excluding steroid dienone is 9. The molecule has 0 radical (unpaired) electrons. The van der Waals surface area contributed by atoms with E-state index in [1.807, 2.05) is 36.4 Å². The fraction of sp³-hybridized carbons (Fsp3) is 0.296. The molecule has 0 unspecified atom stereocenters. The average Bonchev–Trinajstić information content (AvgIpc) is 3.24. The number of nitrogens with two attached hydrogens (primary N) is 1. The average molecular weight is 465 g/mol. The maximum absolute atomic E-state index is 12.0. The lowest BCUT2D eigenvalue weighted by molar-refractivity contribution is 0.0322. The number of carbonyl (C=O) groups is 1. The first-order valence-electron chi connectivity index (χ1n) is 11.2. The number of primary amides is 1. The Bertz CT molecular complexity index is 1070. The first-order valence-corrected chi connectivity index (χ1v) is 12.0. The summed E-state index contributed by atoms with van der Waals surface area (Å²) in [5.41, 5.74) is 7.22. The number of hydrogen-bond donors (Lipinski definition) is 1. The van der Waals surface area contributed by atoms with Gasteiger partial charge in [-0.2, -0.15) is 0 Å². The standard InChI is InChI=1S/C27H32N2O3S/c1-3-4-5-6-7-8-9-10-11-21(2)25-19-22-18-23(27(28)30)24(20-26(22)33-25)32-17-14-29-12-15-31-16-13-29/h3-5,7-11,18-20H,1,6,12-17H2,2H3,(H2,28,30). The molecule has 174 valence electrons. The van der Waals surface area contributed by atoms with Gasteiger partial charge in [-0.1, -0.05) is 55.2 Å². The molecule has 1 aliphatic heterocycles. The monoisotopic (exact) mass is 464 g/mol. The highest BCUT2D eigenvalue weighted by Gasteiger charge is 2.15. The smallest absolute Gasteiger partial charge is 0.252 e. The second kappa shape index (κ2) is 12.9. The summed E-state index contributed by atoms with van der Waals surface area (Å²) < 4.78 is 12.4. The van der Waals surface area contributed by atoms with E-state index in [0.29, 0.717) is 17.9 Å². The van der Waals surface area contributed by atoms with Crippen molar-refractivity contribution < 1.29 is 14.3 Å². The van der Waals surface area contributed by atoms with E-state index in [1.54, 1.807) is 17.4 Å². The minimum atomic E-state index is -0.476. The van der Waals surface area contributed by atoms with E-state index >= 15 is 0 Å². The quantitative estimate of drug-likeness (QED) is 0.455. The highest BCUT2D eigenvalue weighted by Crippen LogP contribution is 2.35. The van der Waals surface area contributed by atoms with E-state index in [0.717, 1.165) is 59.8 Å². The van der Waals surface area contributed by atoms with Crippen LogP contribution >= 0.6 is 11.3 Å². The number of morpholine rings is 1. The van der Waals surface area contributed by atoms with Crippen LogP contribution in [0.2, 0.25) is 0 Å². The van der Waals surface area contributed by atoms with Crippen LogP contribution in [0.5, 0.6) is 5.75 Å². The molecular weight excluding hydrogens is 432 g/mol. The van der Waals surface area contributed by atoms with E-state index in [1.165, 1.54) is 0 Å². The number of amides is 1. The van der Waals surface area contributed by atoms with Crippen molar-refractivity contribution in [2.75, 3.05) is 39.5 Å². The number of benzene rings is 1. The Kier molecular flexibility index (Phi) is 9.69. The van der Waals surface area contributed by atoms with Gasteiger partial charge in [0.25, 0.3) is 5.91 Å². The fourth-order valence-electron chi connectivity index (χ4n) is 3.44. The first kappa shape index (κ1) is 24.7. The zero-order valence-corrected chi connectivity index (χ0v) is 20.0. The van der Waals surface area contributed by atoms with Crippen molar-refractivity contribution in [3.63, 3.8) is 0 Å². The summed E-state index contributed by atoms with van der Waals surface area (Å²) in [6, 6.07) is 5.87. The van der Waals surface area contributed by atoms with Crippen molar-refractivity contribution in [3.8, 4) is 5.75 Å². The fourth-order valence-corrected chi connectivity index (χ4v) is 4.49. The molecule has 2 N–H and O–H groups in total. The minimum absolute atomic E-state index is 0.422. The number of hydrogen-bond acceptors (Lipinski definition) is 5. The second-order valence-electron chi connectivity index (χ2n) is 7.73. The van der Waals surface area contributed by atoms with Crippen molar-refractivity contribution in [3.05, 3.63) is 83.8 Å². The molecule has 33 heavy (non-hydrogen) atoms. The lowest BCUT2D eigenvalue weighted by Gasteiger charge is -2.26. The van der Waals surface area contributed by atoms with Crippen LogP contribution in [0.25, 0.3) is 15.7 Å². The minimum Gasteiger partial charge on any atom is -0.491 e. The largest absolute Gasteiger partial charge is 0.491 e. The number of rotatable bonds is 11. The maximum atomic E-state index is 12.0. The molecule has 3 rings (SSSR count). The first-order chi connectivity index (χ1) is 16.1. The van der Waals surface area contributed by atoms with E-state index in [-0.39, 0.29) is 0 Å². The van der Waals surface area contributed by atoms with Gasteiger partial charge in [-0.25, -0.2) is 0 Å². The van der Waals surface area contributed by atoms with Crippen molar-refractivity contribution in [1.82, 2.24) is 4.90 Å². The molecule has 1 aromatic carbocycles. The van der Waals surface area contributed by atoms with Crippen LogP contribution < -0.4 is 10.5 Å². The van der Waals surface area contributed by atoms with Crippen molar-refractivity contribution >= 4 is 32.9 Å². The van der Waals surface area contributed by atoms with E-state index < -0.39 is 5.91 Å². The van der Waals surface area contributed by atoms with Crippen molar-refractivity contribution in [2.45, 2.75) is 13.3 Å². The van der Waals surface area contributed by atoms with Crippen LogP contribution in [-0.4, -0.2) is 50.3 Å². The van der Waals surface area contributed by atoms with E-state index in [9.17, 15) is 4.79 Å². The van der Waals surface area contributed by atoms with Gasteiger partial charge in [-0.05, 0) is 42.5 Å². The van der Waals surface area contributed by atoms with Gasteiger partial charge in [0.05, 0.1) is 18.8 Å². The summed E-state index contributed by atoms with van der Waals surface area (Å²) in [5.74, 6) is 0.0739. The van der Waals surface area contributed by atoms with Gasteiger partial charge in [0, 0.05) is 29.2 Å². The second-order valence-corrected chi connectivity index (χ2v) is 8.81. The summed E-state index contributed by atoms with van der Waals surface area (Å²) >= 11 is 1.68. The highest BCUT2D eigenvalue weighted by molar-refractivity contribution is 7.20. The Morgan fingerprint density at radius 3 is 2.73 bits per heavy atom. The Morgan fingerprint density at radius 2 is 1.97 bits per heavy atom. The molecule has 5 nitrogen and oxygen atoms in total. The normalized spacial score (nSPS) is 15.8. The predicted molar refractivity (Wildman–Crippen MR) is 139 cm³/mol. The zero-order valence-electron chi connectivity index (χ0n) is 19.2. The molecule has 6 heteroatoms. The lowest BCUT2D eigenvalue weighted by atomic mass is 10.1. The Labute approximate surface area is 200 Å². The van der Waals surface area contributed by atoms with E-state index in [4.69, 9.17) is 15.2 Å². The summed E-state index contributed by atoms with van der Waals surface area (Å²) in [4.78, 5) is 15.5. The number of carbonyl (C=O) groups excluding carboxylic acids is 1. The van der Waals surface area contributed by atoms with Crippen LogP contribution in [0.1, 0.15) is 28.6 Å². The van der Waals surface area contributed by atoms with Gasteiger partial charge in [0.2, 0.25) is 0 Å². The van der Waals surface area contributed by atoms with Crippen molar-refractivity contribution in [2.24, 2.45) is 5.73 Å². The number of ether oxygens (including phenoxy) is 2. The van der Waals surface area contributed by atoms with Crippen LogP contribution in [0.3, 0.4) is 0 Å². The SMILES string of the molecule is C=CC=CCC=CC=CC=C(C)c1cc2cc(C(N)=O)c(OCCN3CCOCC3)cc2s1. The molecule has 1 fully saturated rings. The van der Waals surface area contributed by atoms with Crippen LogP contribution in [0.4, 0.5) is 0 Å². The third-order valence-electron chi connectivity index (χ3n) is 5.29. The Morgan fingerprint density at radius 1 is 1.18 bits per heavy atom. The molecule has 1 aromatic heterocycles. The highest BCUT2D eigenvalue weighted by atomic mass is 32.1. The molecule has 0 atom stereocenters. The number of thiophene rings is 1. The third kappa shape index (κ3) is 7.56. The van der Waals surface area contributed by atoms with E-state index in [2.05, 4.69) is 42.7 Å². The summed E-state index contributed by atoms with van der Waals surface area (Å²) in [7, 11) is 0. The van der Waals surface area contributed by atoms with Gasteiger partial charge in [0.1, 0.15) is 12.4 Å². The van der Waals surface area contributed by atoms with Crippen molar-refractivity contribution in [1.29, 1.82) is 0 Å². The van der Waals surface area contributed by atoms with Crippen LogP contribution in [-0.2, 0) is 4.74 Å². The lowest BCUT2D eigenvalue weighted by Crippen LogP contribution is -2.38. The molecule has 2 heterocycles. The number of nitrogens with zero attached hydrogens (tertiary/aromatic N) is 1. The zero-order chi connectivity index (χ0) is 23.5. The summed E-state index contributed by atoms with van der Waals surface area (Å²) in [6.45, 7) is 10.3. The number of fused-ring (bicyclic) bond motifs is 1. The van der Waals surface area contributed by atoms with Gasteiger partial charge in [-0.3, -0.25) is 9.69 Å². The predicted octanol–water partition coefficient (Wildman–Crippen LogP) is 5.36. The Balaban J connectivity index is 1.68. The molecule has 0 bridgehead atoms. The molecule has 2 aromatic rings. The molecular formula is C27H32N2O3S. The Hall–Kier alpha value is -2.93. The summed E-state index contributed by atoms with van der Waals surface area (Å²) in [6.07, 6.45) is 16.9. The van der Waals surface area contributed by atoms with Gasteiger partial charge >= 0.3 is 0 Å². The molecule has 1 amide bonds. The molecule has 0 saturated carbocycles. The van der Waals surface area contributed by atoms with Gasteiger partial charge < -0.3 is 15.2 Å². The molecule has 1 saturated heterocycles. The third-order valence-corrected chi connectivity index (χ3v) is 6.52. The molecule has 0 spiro atoms. The van der Waals surface area contributed by atoms with Gasteiger partial charge in [-0.15, -0.1) is 11.3 Å². The van der Waals surface area contributed by atoms with Gasteiger partial charge in [0.15, 0.2) is 0 Å². The van der Waals surface area contributed by atoms with Crippen LogP contribution in [0, 0.1) is 0 Å². The maximum Gasteiger partial charge on any atom is 0.252 e. The summed E-state index contributed by atoms with van der Waals surface area (Å²) in [5, 5.41) is 0.995. The molecule has 1 aliphatic rings. The van der Waals surface area contributed by atoms with Crippen LogP contribution in [0.15, 0.2) is 73.4 Å². The topological polar surface area (TPSA) is 64.8 Å². The molecule has 0 aliphatic carbocycles.